The lowest BCUT2D eigenvalue weighted by Gasteiger charge is -2.14. The van der Waals surface area contributed by atoms with Crippen LogP contribution in [0.4, 0.5) is 0 Å². The van der Waals surface area contributed by atoms with E-state index in [0.717, 1.165) is 5.56 Å². The average Bonchev–Trinajstić information content (AvgIpc) is 3.21. The summed E-state index contributed by atoms with van der Waals surface area (Å²) in [7, 11) is 6.27. The molecule has 0 aliphatic heterocycles. The summed E-state index contributed by atoms with van der Waals surface area (Å²) in [5.74, 6) is 1.51. The number of carbonyl (C=O) groups is 1. The number of hydrogen-bond acceptors (Lipinski definition) is 8. The van der Waals surface area contributed by atoms with Crippen molar-refractivity contribution >= 4 is 39.2 Å². The largest absolute Gasteiger partial charge is 0.493 e. The van der Waals surface area contributed by atoms with Crippen molar-refractivity contribution in [2.75, 3.05) is 27.1 Å². The van der Waals surface area contributed by atoms with Crippen molar-refractivity contribution in [2.45, 2.75) is 11.7 Å². The van der Waals surface area contributed by atoms with Crippen LogP contribution in [-0.2, 0) is 18.4 Å². The van der Waals surface area contributed by atoms with Crippen LogP contribution >= 0.6 is 23.1 Å². The number of nitrogens with one attached hydrogen (secondary N) is 1. The normalized spacial score (nSPS) is 10.8. The highest BCUT2D eigenvalue weighted by Gasteiger charge is 2.15. The summed E-state index contributed by atoms with van der Waals surface area (Å²) in [5, 5.41) is 5.78. The van der Waals surface area contributed by atoms with Gasteiger partial charge in [0.1, 0.15) is 4.83 Å². The molecule has 0 saturated carbocycles. The van der Waals surface area contributed by atoms with Gasteiger partial charge in [-0.25, -0.2) is 4.98 Å². The van der Waals surface area contributed by atoms with Gasteiger partial charge in [0.05, 0.1) is 32.5 Å². The second-order valence-electron chi connectivity index (χ2n) is 6.00. The van der Waals surface area contributed by atoms with Gasteiger partial charge >= 0.3 is 0 Å². The topological polar surface area (TPSA) is 91.7 Å². The maximum atomic E-state index is 12.3. The van der Waals surface area contributed by atoms with Crippen molar-refractivity contribution in [3.05, 3.63) is 39.5 Å². The van der Waals surface area contributed by atoms with Gasteiger partial charge in [0.15, 0.2) is 16.7 Å². The van der Waals surface area contributed by atoms with Gasteiger partial charge in [0.25, 0.3) is 5.56 Å². The summed E-state index contributed by atoms with van der Waals surface area (Å²) in [6.45, 7) is 0.298. The van der Waals surface area contributed by atoms with Gasteiger partial charge in [-0.1, -0.05) is 11.8 Å². The molecule has 1 aromatic carbocycles. The van der Waals surface area contributed by atoms with Crippen LogP contribution in [0, 0.1) is 0 Å². The van der Waals surface area contributed by atoms with Crippen molar-refractivity contribution < 1.29 is 19.0 Å². The molecule has 0 atom stereocenters. The third-order valence-corrected chi connectivity index (χ3v) is 6.05. The number of fused-ring (bicyclic) bond motifs is 1. The number of amides is 1. The van der Waals surface area contributed by atoms with Crippen molar-refractivity contribution in [2.24, 2.45) is 7.05 Å². The quantitative estimate of drug-likeness (QED) is 0.429. The summed E-state index contributed by atoms with van der Waals surface area (Å²) in [5.41, 5.74) is 0.694. The summed E-state index contributed by atoms with van der Waals surface area (Å²) in [4.78, 5) is 29.8. The molecular formula is C19H21N3O5S2. The SMILES string of the molecule is COc1cc(CNC(=O)CSc2nc3sccc3c(=O)n2C)cc(OC)c1OC. The first-order valence-corrected chi connectivity index (χ1v) is 10.5. The fourth-order valence-corrected chi connectivity index (χ4v) is 4.34. The minimum Gasteiger partial charge on any atom is -0.493 e. The molecule has 1 N–H and O–H groups in total. The molecule has 0 saturated heterocycles. The number of nitrogens with zero attached hydrogens (tertiary/aromatic N) is 2. The van der Waals surface area contributed by atoms with Crippen LogP contribution in [0.2, 0.25) is 0 Å². The number of rotatable bonds is 8. The molecule has 154 valence electrons. The van der Waals surface area contributed by atoms with Crippen LogP contribution in [0.15, 0.2) is 33.5 Å². The molecule has 29 heavy (non-hydrogen) atoms. The molecule has 0 spiro atoms. The summed E-state index contributed by atoms with van der Waals surface area (Å²) < 4.78 is 17.4. The van der Waals surface area contributed by atoms with E-state index in [9.17, 15) is 9.59 Å². The third kappa shape index (κ3) is 4.48. The molecule has 0 fully saturated rings. The highest BCUT2D eigenvalue weighted by Crippen LogP contribution is 2.38. The number of carbonyl (C=O) groups excluding carboxylic acids is 1. The first kappa shape index (κ1) is 21.0. The number of hydrogen-bond donors (Lipinski definition) is 1. The van der Waals surface area contributed by atoms with E-state index >= 15 is 0 Å². The van der Waals surface area contributed by atoms with Crippen molar-refractivity contribution in [3.8, 4) is 17.2 Å². The van der Waals surface area contributed by atoms with Gasteiger partial charge < -0.3 is 19.5 Å². The summed E-state index contributed by atoms with van der Waals surface area (Å²) in [6, 6.07) is 5.32. The molecule has 0 bridgehead atoms. The number of benzene rings is 1. The number of methoxy groups -OCH3 is 3. The van der Waals surface area contributed by atoms with E-state index in [1.807, 2.05) is 5.38 Å². The summed E-state index contributed by atoms with van der Waals surface area (Å²) >= 11 is 2.62. The van der Waals surface area contributed by atoms with Crippen LogP contribution in [0.1, 0.15) is 5.56 Å². The third-order valence-electron chi connectivity index (χ3n) is 4.21. The number of ether oxygens (including phenoxy) is 3. The minimum atomic E-state index is -0.177. The Bertz CT molecular complexity index is 1070. The van der Waals surface area contributed by atoms with E-state index < -0.39 is 0 Å². The van der Waals surface area contributed by atoms with Gasteiger partial charge in [0.2, 0.25) is 11.7 Å². The zero-order valence-electron chi connectivity index (χ0n) is 16.5. The highest BCUT2D eigenvalue weighted by molar-refractivity contribution is 7.99. The molecule has 3 aromatic rings. The van der Waals surface area contributed by atoms with Gasteiger partial charge in [-0.05, 0) is 29.1 Å². The Morgan fingerprint density at radius 1 is 1.21 bits per heavy atom. The Morgan fingerprint density at radius 3 is 2.52 bits per heavy atom. The van der Waals surface area contributed by atoms with Gasteiger partial charge in [-0.2, -0.15) is 0 Å². The second kappa shape index (κ2) is 9.19. The molecule has 3 rings (SSSR count). The van der Waals surface area contributed by atoms with Crippen LogP contribution in [-0.4, -0.2) is 42.5 Å². The molecule has 0 unspecified atom stereocenters. The fraction of sp³-hybridized carbons (Fsp3) is 0.316. The van der Waals surface area contributed by atoms with Gasteiger partial charge in [-0.3, -0.25) is 14.2 Å². The van der Waals surface area contributed by atoms with Crippen LogP contribution in [0.5, 0.6) is 17.2 Å². The predicted octanol–water partition coefficient (Wildman–Crippen LogP) is 2.43. The first-order chi connectivity index (χ1) is 14.0. The first-order valence-electron chi connectivity index (χ1n) is 8.61. The van der Waals surface area contributed by atoms with Crippen molar-refractivity contribution in [1.29, 1.82) is 0 Å². The zero-order valence-corrected chi connectivity index (χ0v) is 18.1. The minimum absolute atomic E-state index is 0.114. The van der Waals surface area contributed by atoms with Gasteiger partial charge in [0, 0.05) is 13.6 Å². The maximum absolute atomic E-state index is 12.3. The number of thiophene rings is 1. The predicted molar refractivity (Wildman–Crippen MR) is 114 cm³/mol. The van der Waals surface area contributed by atoms with Crippen LogP contribution in [0.3, 0.4) is 0 Å². The van der Waals surface area contributed by atoms with Crippen molar-refractivity contribution in [1.82, 2.24) is 14.9 Å². The van der Waals surface area contributed by atoms with Gasteiger partial charge in [-0.15, -0.1) is 11.3 Å². The Kier molecular flexibility index (Phi) is 6.65. The second-order valence-corrected chi connectivity index (χ2v) is 7.83. The van der Waals surface area contributed by atoms with Crippen LogP contribution in [0.25, 0.3) is 10.2 Å². The molecule has 2 aromatic heterocycles. The molecule has 2 heterocycles. The molecule has 0 radical (unpaired) electrons. The molecular weight excluding hydrogens is 414 g/mol. The lowest BCUT2D eigenvalue weighted by Crippen LogP contribution is -2.25. The number of aromatic nitrogens is 2. The molecule has 1 amide bonds. The average molecular weight is 436 g/mol. The Morgan fingerprint density at radius 2 is 1.90 bits per heavy atom. The van der Waals surface area contributed by atoms with E-state index in [0.29, 0.717) is 39.2 Å². The standard InChI is InChI=1S/C19H21N3O5S2/c1-22-18(24)12-5-6-28-17(12)21-19(22)29-10-15(23)20-9-11-7-13(25-2)16(27-4)14(8-11)26-3/h5-8H,9-10H2,1-4H3,(H,20,23). The zero-order chi connectivity index (χ0) is 21.0. The van der Waals surface area contributed by atoms with Crippen LogP contribution < -0.4 is 25.1 Å². The van der Waals surface area contributed by atoms with E-state index in [2.05, 4.69) is 10.3 Å². The Hall–Kier alpha value is -2.72. The highest BCUT2D eigenvalue weighted by atomic mass is 32.2. The van der Waals surface area contributed by atoms with E-state index in [1.165, 1.54) is 49.0 Å². The number of thioether (sulfide) groups is 1. The lowest BCUT2D eigenvalue weighted by atomic mass is 10.2. The molecule has 10 heteroatoms. The maximum Gasteiger partial charge on any atom is 0.262 e. The monoisotopic (exact) mass is 435 g/mol. The van der Waals surface area contributed by atoms with Crippen molar-refractivity contribution in [3.63, 3.8) is 0 Å². The smallest absolute Gasteiger partial charge is 0.262 e. The molecule has 8 nitrogen and oxygen atoms in total. The molecule has 0 aliphatic carbocycles. The Labute approximate surface area is 175 Å². The van der Waals surface area contributed by atoms with E-state index in [4.69, 9.17) is 14.2 Å². The van der Waals surface area contributed by atoms with E-state index in [1.54, 1.807) is 25.2 Å². The lowest BCUT2D eigenvalue weighted by molar-refractivity contribution is -0.118. The fourth-order valence-electron chi connectivity index (χ4n) is 2.73. The molecule has 0 aliphatic rings. The van der Waals surface area contributed by atoms with E-state index in [-0.39, 0.29) is 17.2 Å². The Balaban J connectivity index is 1.65. The summed E-state index contributed by atoms with van der Waals surface area (Å²) in [6.07, 6.45) is 0.